The predicted octanol–water partition coefficient (Wildman–Crippen LogP) is 2.80. The molecular formula is C18H16Cl2N4O4S. The third kappa shape index (κ3) is 5.48. The van der Waals surface area contributed by atoms with Crippen molar-refractivity contribution >= 4 is 39.1 Å². The Kier molecular flexibility index (Phi) is 6.43. The van der Waals surface area contributed by atoms with Crippen molar-refractivity contribution in [2.45, 2.75) is 18.2 Å². The number of nitrogens with one attached hydrogen (secondary N) is 1. The van der Waals surface area contributed by atoms with E-state index in [4.69, 9.17) is 33.1 Å². The normalized spacial score (nSPS) is 11.3. The second-order valence-electron chi connectivity index (χ2n) is 5.94. The van der Waals surface area contributed by atoms with E-state index in [0.717, 1.165) is 0 Å². The molecule has 0 saturated carbocycles. The monoisotopic (exact) mass is 454 g/mol. The lowest BCUT2D eigenvalue weighted by molar-refractivity contribution is 0.0944. The summed E-state index contributed by atoms with van der Waals surface area (Å²) in [5.74, 6) is 0.0173. The molecule has 0 aliphatic rings. The van der Waals surface area contributed by atoms with Gasteiger partial charge in [-0.15, -0.1) is 0 Å². The lowest BCUT2D eigenvalue weighted by Crippen LogP contribution is -2.23. The van der Waals surface area contributed by atoms with Crippen LogP contribution in [0, 0.1) is 0 Å². The Morgan fingerprint density at radius 1 is 1.14 bits per heavy atom. The fraction of sp³-hybridized carbons (Fsp3) is 0.111. The average Bonchev–Trinajstić information content (AvgIpc) is 3.16. The summed E-state index contributed by atoms with van der Waals surface area (Å²) < 4.78 is 29.5. The van der Waals surface area contributed by atoms with Crippen molar-refractivity contribution in [2.24, 2.45) is 5.14 Å². The third-order valence-corrected chi connectivity index (χ3v) is 5.58. The molecule has 1 amide bonds. The van der Waals surface area contributed by atoms with Gasteiger partial charge in [0.05, 0.1) is 9.92 Å². The highest BCUT2D eigenvalue weighted by Gasteiger charge is 2.11. The number of hydrogen-bond acceptors (Lipinski definition) is 5. The van der Waals surface area contributed by atoms with Crippen LogP contribution in [0.5, 0.6) is 5.75 Å². The van der Waals surface area contributed by atoms with Crippen molar-refractivity contribution in [3.8, 4) is 5.75 Å². The molecule has 0 atom stereocenters. The van der Waals surface area contributed by atoms with Crippen LogP contribution >= 0.6 is 23.2 Å². The van der Waals surface area contributed by atoms with E-state index in [1.54, 1.807) is 42.6 Å². The molecule has 11 heteroatoms. The van der Waals surface area contributed by atoms with Gasteiger partial charge in [-0.3, -0.25) is 4.79 Å². The number of aromatic nitrogens is 2. The molecule has 8 nitrogen and oxygen atoms in total. The van der Waals surface area contributed by atoms with Crippen molar-refractivity contribution in [1.82, 2.24) is 15.1 Å². The number of ether oxygens (including phenoxy) is 1. The molecule has 0 fully saturated rings. The smallest absolute Gasteiger partial charge is 0.272 e. The van der Waals surface area contributed by atoms with Crippen LogP contribution in [-0.4, -0.2) is 24.1 Å². The van der Waals surface area contributed by atoms with Gasteiger partial charge in [0, 0.05) is 12.7 Å². The van der Waals surface area contributed by atoms with Gasteiger partial charge < -0.3 is 10.1 Å². The Morgan fingerprint density at radius 2 is 1.86 bits per heavy atom. The summed E-state index contributed by atoms with van der Waals surface area (Å²) in [7, 11) is -3.75. The van der Waals surface area contributed by atoms with Crippen molar-refractivity contribution in [3.05, 3.63) is 76.0 Å². The molecule has 152 valence electrons. The zero-order chi connectivity index (χ0) is 21.0. The van der Waals surface area contributed by atoms with Crippen LogP contribution in [-0.2, 0) is 23.3 Å². The molecule has 0 aliphatic carbocycles. The van der Waals surface area contributed by atoms with Gasteiger partial charge in [0.15, 0.2) is 6.73 Å². The first-order valence-electron chi connectivity index (χ1n) is 8.24. The predicted molar refractivity (Wildman–Crippen MR) is 108 cm³/mol. The van der Waals surface area contributed by atoms with Crippen molar-refractivity contribution < 1.29 is 17.9 Å². The van der Waals surface area contributed by atoms with Gasteiger partial charge in [-0.05, 0) is 35.9 Å². The minimum Gasteiger partial charge on any atom is -0.470 e. The highest BCUT2D eigenvalue weighted by Crippen LogP contribution is 2.31. The molecule has 1 heterocycles. The summed E-state index contributed by atoms with van der Waals surface area (Å²) >= 11 is 12.0. The number of halogens is 2. The van der Waals surface area contributed by atoms with Crippen molar-refractivity contribution in [3.63, 3.8) is 0 Å². The molecule has 29 heavy (non-hydrogen) atoms. The van der Waals surface area contributed by atoms with E-state index in [9.17, 15) is 13.2 Å². The zero-order valence-electron chi connectivity index (χ0n) is 14.9. The third-order valence-electron chi connectivity index (χ3n) is 3.85. The number of hydrogen-bond donors (Lipinski definition) is 2. The average molecular weight is 455 g/mol. The minimum atomic E-state index is -3.75. The highest BCUT2D eigenvalue weighted by molar-refractivity contribution is 7.89. The molecule has 0 radical (unpaired) electrons. The van der Waals surface area contributed by atoms with E-state index in [2.05, 4.69) is 10.4 Å². The van der Waals surface area contributed by atoms with Crippen LogP contribution in [0.25, 0.3) is 0 Å². The van der Waals surface area contributed by atoms with Gasteiger partial charge in [0.25, 0.3) is 5.91 Å². The SMILES string of the molecule is NS(=O)(=O)c1ccc(CNC(=O)c2ccn(COc3cccc(Cl)c3Cl)n2)cc1. The standard InChI is InChI=1S/C18H16Cl2N4O4S/c19-14-2-1-3-16(17(14)20)28-11-24-9-8-15(23-24)18(25)22-10-12-4-6-13(7-5-12)29(21,26)27/h1-9H,10-11H2,(H,22,25)(H2,21,26,27). The summed E-state index contributed by atoms with van der Waals surface area (Å²) in [5, 5.41) is 12.6. The maximum Gasteiger partial charge on any atom is 0.272 e. The van der Waals surface area contributed by atoms with Gasteiger partial charge in [0.2, 0.25) is 10.0 Å². The summed E-state index contributed by atoms with van der Waals surface area (Å²) in [5.41, 5.74) is 0.913. The number of rotatable bonds is 7. The summed E-state index contributed by atoms with van der Waals surface area (Å²) in [4.78, 5) is 12.3. The molecule has 0 unspecified atom stereocenters. The van der Waals surface area contributed by atoms with E-state index in [1.165, 1.54) is 16.8 Å². The maximum absolute atomic E-state index is 12.2. The minimum absolute atomic E-state index is 0.00567. The molecule has 3 N–H and O–H groups in total. The molecule has 1 aromatic heterocycles. The van der Waals surface area contributed by atoms with E-state index in [1.807, 2.05) is 0 Å². The lowest BCUT2D eigenvalue weighted by atomic mass is 10.2. The highest BCUT2D eigenvalue weighted by atomic mass is 35.5. The van der Waals surface area contributed by atoms with Crippen molar-refractivity contribution in [1.29, 1.82) is 0 Å². The first-order chi connectivity index (χ1) is 13.7. The van der Waals surface area contributed by atoms with E-state index >= 15 is 0 Å². The Hall–Kier alpha value is -2.59. The maximum atomic E-state index is 12.2. The van der Waals surface area contributed by atoms with Gasteiger partial charge in [-0.2, -0.15) is 5.10 Å². The van der Waals surface area contributed by atoms with Gasteiger partial charge in [0.1, 0.15) is 16.5 Å². The number of sulfonamides is 1. The van der Waals surface area contributed by atoms with Crippen LogP contribution < -0.4 is 15.2 Å². The number of carbonyl (C=O) groups is 1. The number of benzene rings is 2. The Morgan fingerprint density at radius 3 is 2.55 bits per heavy atom. The van der Waals surface area contributed by atoms with Crippen molar-refractivity contribution in [2.75, 3.05) is 0 Å². The molecule has 0 saturated heterocycles. The summed E-state index contributed by atoms with van der Waals surface area (Å²) in [6, 6.07) is 12.5. The largest absolute Gasteiger partial charge is 0.470 e. The second-order valence-corrected chi connectivity index (χ2v) is 8.28. The number of nitrogens with two attached hydrogens (primary N) is 1. The van der Waals surface area contributed by atoms with Gasteiger partial charge >= 0.3 is 0 Å². The van der Waals surface area contributed by atoms with E-state index in [0.29, 0.717) is 21.4 Å². The molecular weight excluding hydrogens is 439 g/mol. The van der Waals surface area contributed by atoms with Crippen LogP contribution in [0.2, 0.25) is 10.0 Å². The fourth-order valence-corrected chi connectivity index (χ4v) is 3.22. The molecule has 3 rings (SSSR count). The fourth-order valence-electron chi connectivity index (χ4n) is 2.36. The molecule has 2 aromatic carbocycles. The van der Waals surface area contributed by atoms with Crippen LogP contribution in [0.15, 0.2) is 59.6 Å². The van der Waals surface area contributed by atoms with Gasteiger partial charge in [-0.1, -0.05) is 41.4 Å². The Bertz CT molecular complexity index is 1130. The van der Waals surface area contributed by atoms with Crippen LogP contribution in [0.3, 0.4) is 0 Å². The number of amides is 1. The Balaban J connectivity index is 1.56. The van der Waals surface area contributed by atoms with Crippen LogP contribution in [0.4, 0.5) is 0 Å². The van der Waals surface area contributed by atoms with E-state index < -0.39 is 10.0 Å². The first-order valence-corrected chi connectivity index (χ1v) is 10.5. The first kappa shape index (κ1) is 21.1. The zero-order valence-corrected chi connectivity index (χ0v) is 17.2. The topological polar surface area (TPSA) is 116 Å². The van der Waals surface area contributed by atoms with Gasteiger partial charge in [-0.25, -0.2) is 18.2 Å². The second kappa shape index (κ2) is 8.83. The number of carbonyl (C=O) groups excluding carboxylic acids is 1. The quantitative estimate of drug-likeness (QED) is 0.569. The molecule has 0 bridgehead atoms. The Labute approximate surface area is 177 Å². The molecule has 3 aromatic rings. The summed E-state index contributed by atoms with van der Waals surface area (Å²) in [6.45, 7) is 0.244. The van der Waals surface area contributed by atoms with E-state index in [-0.39, 0.29) is 29.8 Å². The molecule has 0 spiro atoms. The molecule has 0 aliphatic heterocycles. The lowest BCUT2D eigenvalue weighted by Gasteiger charge is -2.08. The summed E-state index contributed by atoms with van der Waals surface area (Å²) in [6.07, 6.45) is 1.59. The van der Waals surface area contributed by atoms with Crippen LogP contribution in [0.1, 0.15) is 16.1 Å². The number of primary sulfonamides is 1. The number of nitrogens with zero attached hydrogens (tertiary/aromatic N) is 2.